The topological polar surface area (TPSA) is 109 Å². The van der Waals surface area contributed by atoms with Crippen LogP contribution in [-0.4, -0.2) is 19.4 Å². The highest BCUT2D eigenvalue weighted by Gasteiger charge is 2.15. The molecule has 0 heterocycles. The lowest BCUT2D eigenvalue weighted by atomic mass is 10.2. The molecular weight excluding hydrogens is 292 g/mol. The van der Waals surface area contributed by atoms with Gasteiger partial charge in [0.05, 0.1) is 16.1 Å². The van der Waals surface area contributed by atoms with Gasteiger partial charge in [-0.05, 0) is 31.2 Å². The number of hydrogen-bond donors (Lipinski definition) is 3. The Labute approximate surface area is 122 Å². The second-order valence-electron chi connectivity index (χ2n) is 4.51. The van der Waals surface area contributed by atoms with Gasteiger partial charge in [-0.2, -0.15) is 0 Å². The van der Waals surface area contributed by atoms with Crippen LogP contribution >= 0.6 is 0 Å². The number of carbonyl (C=O) groups is 1. The van der Waals surface area contributed by atoms with Crippen molar-refractivity contribution in [3.05, 3.63) is 53.6 Å². The molecule has 0 aromatic heterocycles. The van der Waals surface area contributed by atoms with Gasteiger partial charge in [-0.3, -0.25) is 9.52 Å². The number of aromatic hydroxyl groups is 1. The van der Waals surface area contributed by atoms with Gasteiger partial charge in [-0.15, -0.1) is 0 Å². The molecule has 21 heavy (non-hydrogen) atoms. The van der Waals surface area contributed by atoms with Gasteiger partial charge < -0.3 is 10.8 Å². The van der Waals surface area contributed by atoms with Crippen molar-refractivity contribution in [3.63, 3.8) is 0 Å². The molecule has 2 aromatic carbocycles. The van der Waals surface area contributed by atoms with Crippen molar-refractivity contribution < 1.29 is 18.3 Å². The largest absolute Gasteiger partial charge is 0.507 e. The summed E-state index contributed by atoms with van der Waals surface area (Å²) in [5.41, 5.74) is 6.06. The third-order valence-electron chi connectivity index (χ3n) is 2.85. The van der Waals surface area contributed by atoms with Crippen molar-refractivity contribution in [2.24, 2.45) is 5.73 Å². The van der Waals surface area contributed by atoms with Gasteiger partial charge in [-0.1, -0.05) is 17.7 Å². The molecule has 0 bridgehead atoms. The molecule has 0 radical (unpaired) electrons. The first kappa shape index (κ1) is 14.9. The summed E-state index contributed by atoms with van der Waals surface area (Å²) in [6, 6.07) is 10.1. The molecule has 4 N–H and O–H groups in total. The van der Waals surface area contributed by atoms with Crippen LogP contribution in [0.2, 0.25) is 0 Å². The maximum Gasteiger partial charge on any atom is 0.261 e. The van der Waals surface area contributed by atoms with Gasteiger partial charge >= 0.3 is 0 Å². The first-order valence-electron chi connectivity index (χ1n) is 6.02. The van der Waals surface area contributed by atoms with E-state index in [2.05, 4.69) is 4.72 Å². The lowest BCUT2D eigenvalue weighted by Crippen LogP contribution is -2.14. The number of aryl methyl sites for hydroxylation is 1. The Hall–Kier alpha value is -2.54. The quantitative estimate of drug-likeness (QED) is 0.797. The Bertz CT molecular complexity index is 783. The fourth-order valence-corrected chi connectivity index (χ4v) is 2.78. The number of benzene rings is 2. The van der Waals surface area contributed by atoms with E-state index >= 15 is 0 Å². The van der Waals surface area contributed by atoms with Crippen LogP contribution in [0.3, 0.4) is 0 Å². The fraction of sp³-hybridized carbons (Fsp3) is 0.0714. The van der Waals surface area contributed by atoms with Crippen molar-refractivity contribution in [3.8, 4) is 5.75 Å². The van der Waals surface area contributed by atoms with Gasteiger partial charge in [0.15, 0.2) is 0 Å². The van der Waals surface area contributed by atoms with Crippen molar-refractivity contribution in [1.29, 1.82) is 0 Å². The number of sulfonamides is 1. The summed E-state index contributed by atoms with van der Waals surface area (Å²) in [5.74, 6) is -1.17. The van der Waals surface area contributed by atoms with E-state index in [-0.39, 0.29) is 21.9 Å². The van der Waals surface area contributed by atoms with E-state index in [1.807, 2.05) is 6.92 Å². The maximum atomic E-state index is 12.2. The molecule has 2 rings (SSSR count). The number of amides is 1. The lowest BCUT2D eigenvalue weighted by molar-refractivity contribution is 0.0998. The second kappa shape index (κ2) is 5.45. The number of hydrogen-bond acceptors (Lipinski definition) is 4. The van der Waals surface area contributed by atoms with Crippen LogP contribution in [0.4, 0.5) is 5.69 Å². The molecule has 110 valence electrons. The first-order valence-corrected chi connectivity index (χ1v) is 7.50. The van der Waals surface area contributed by atoms with Gasteiger partial charge in [0.25, 0.3) is 15.9 Å². The van der Waals surface area contributed by atoms with Crippen molar-refractivity contribution in [2.75, 3.05) is 4.72 Å². The molecular formula is C14H14N2O4S. The van der Waals surface area contributed by atoms with Crippen LogP contribution < -0.4 is 10.5 Å². The number of phenols is 1. The average Bonchev–Trinajstić information content (AvgIpc) is 2.38. The molecule has 0 atom stereocenters. The number of nitrogens with two attached hydrogens (primary N) is 1. The summed E-state index contributed by atoms with van der Waals surface area (Å²) in [7, 11) is -3.76. The molecule has 7 heteroatoms. The normalized spacial score (nSPS) is 11.1. The van der Waals surface area contributed by atoms with Crippen LogP contribution in [0.5, 0.6) is 5.75 Å². The number of rotatable bonds is 4. The summed E-state index contributed by atoms with van der Waals surface area (Å²) in [6.45, 7) is 1.85. The third kappa shape index (κ3) is 3.32. The minimum atomic E-state index is -3.76. The summed E-state index contributed by atoms with van der Waals surface area (Å²) >= 11 is 0. The van der Waals surface area contributed by atoms with E-state index in [9.17, 15) is 18.3 Å². The predicted molar refractivity (Wildman–Crippen MR) is 78.6 cm³/mol. The van der Waals surface area contributed by atoms with Gasteiger partial charge in [0.1, 0.15) is 5.75 Å². The van der Waals surface area contributed by atoms with Crippen molar-refractivity contribution in [2.45, 2.75) is 11.8 Å². The van der Waals surface area contributed by atoms with Gasteiger partial charge in [-0.25, -0.2) is 8.42 Å². The molecule has 0 aliphatic heterocycles. The van der Waals surface area contributed by atoms with Crippen LogP contribution in [0.25, 0.3) is 0 Å². The predicted octanol–water partition coefficient (Wildman–Crippen LogP) is 1.60. The molecule has 0 fully saturated rings. The minimum absolute atomic E-state index is 0.0757. The van der Waals surface area contributed by atoms with E-state index in [0.717, 1.165) is 11.6 Å². The molecule has 0 saturated heterocycles. The molecule has 0 spiro atoms. The highest BCUT2D eigenvalue weighted by Crippen LogP contribution is 2.23. The van der Waals surface area contributed by atoms with E-state index < -0.39 is 15.9 Å². The summed E-state index contributed by atoms with van der Waals surface area (Å²) in [6.07, 6.45) is 0. The highest BCUT2D eigenvalue weighted by molar-refractivity contribution is 7.92. The van der Waals surface area contributed by atoms with E-state index in [1.165, 1.54) is 24.3 Å². The standard InChI is InChI=1S/C14H14N2O4S/c1-9-2-5-11(6-3-9)21(19,20)16-10-4-7-12(14(15)18)13(17)8-10/h2-8,16-17H,1H3,(H2,15,18). The van der Waals surface area contributed by atoms with Crippen LogP contribution in [0.15, 0.2) is 47.4 Å². The second-order valence-corrected chi connectivity index (χ2v) is 6.20. The Morgan fingerprint density at radius 1 is 1.14 bits per heavy atom. The smallest absolute Gasteiger partial charge is 0.261 e. The summed E-state index contributed by atoms with van der Waals surface area (Å²) in [4.78, 5) is 11.1. The molecule has 0 unspecified atom stereocenters. The number of carbonyl (C=O) groups excluding carboxylic acids is 1. The Morgan fingerprint density at radius 3 is 2.29 bits per heavy atom. The van der Waals surface area contributed by atoms with E-state index in [1.54, 1.807) is 12.1 Å². The molecule has 2 aromatic rings. The number of anilines is 1. The molecule has 1 amide bonds. The number of nitrogens with one attached hydrogen (secondary N) is 1. The SMILES string of the molecule is Cc1ccc(S(=O)(=O)Nc2ccc(C(N)=O)c(O)c2)cc1. The zero-order valence-corrected chi connectivity index (χ0v) is 12.0. The van der Waals surface area contributed by atoms with Gasteiger partial charge in [0.2, 0.25) is 0 Å². The Morgan fingerprint density at radius 2 is 1.76 bits per heavy atom. The third-order valence-corrected chi connectivity index (χ3v) is 4.24. The first-order chi connectivity index (χ1) is 9.79. The summed E-state index contributed by atoms with van der Waals surface area (Å²) < 4.78 is 26.6. The Balaban J connectivity index is 2.31. The molecule has 6 nitrogen and oxygen atoms in total. The molecule has 0 saturated carbocycles. The molecule has 0 aliphatic rings. The van der Waals surface area contributed by atoms with E-state index in [0.29, 0.717) is 0 Å². The monoisotopic (exact) mass is 306 g/mol. The van der Waals surface area contributed by atoms with Crippen LogP contribution in [0.1, 0.15) is 15.9 Å². The van der Waals surface area contributed by atoms with E-state index in [4.69, 9.17) is 5.73 Å². The summed E-state index contributed by atoms with van der Waals surface area (Å²) in [5, 5.41) is 9.63. The number of primary amides is 1. The van der Waals surface area contributed by atoms with Crippen molar-refractivity contribution in [1.82, 2.24) is 0 Å². The van der Waals surface area contributed by atoms with Crippen LogP contribution in [0, 0.1) is 6.92 Å². The van der Waals surface area contributed by atoms with Gasteiger partial charge in [0, 0.05) is 6.07 Å². The van der Waals surface area contributed by atoms with Crippen LogP contribution in [-0.2, 0) is 10.0 Å². The molecule has 0 aliphatic carbocycles. The minimum Gasteiger partial charge on any atom is -0.507 e. The Kier molecular flexibility index (Phi) is 3.86. The lowest BCUT2D eigenvalue weighted by Gasteiger charge is -2.09. The zero-order valence-electron chi connectivity index (χ0n) is 11.2. The highest BCUT2D eigenvalue weighted by atomic mass is 32.2. The maximum absolute atomic E-state index is 12.2. The fourth-order valence-electron chi connectivity index (χ4n) is 1.73. The zero-order chi connectivity index (χ0) is 15.6. The average molecular weight is 306 g/mol. The van der Waals surface area contributed by atoms with Crippen molar-refractivity contribution >= 4 is 21.6 Å².